The van der Waals surface area contributed by atoms with E-state index < -0.39 is 6.10 Å². The number of rotatable bonds is 42. The fraction of sp³-hybridized carbons (Fsp3) is 0.958. The Morgan fingerprint density at radius 3 is 1.02 bits per heavy atom. The molecule has 0 spiro atoms. The van der Waals surface area contributed by atoms with E-state index in [0.717, 1.165) is 49.9 Å². The lowest BCUT2D eigenvalue weighted by Gasteiger charge is -2.18. The molecule has 0 saturated heterocycles. The standard InChI is InChI=1S/C48H94O5/c1-43(2)35-29-23-17-11-7-8-16-22-28-34-40-51-41-46(53-48(50)39-33-27-21-15-10-13-19-25-31-37-45(5)6)42-52-47(49)38-32-26-20-14-9-12-18-24-30-36-44(3)4/h43-46H,7-42H2,1-6H3. The van der Waals surface area contributed by atoms with Gasteiger partial charge >= 0.3 is 11.9 Å². The zero-order valence-electron chi connectivity index (χ0n) is 36.8. The van der Waals surface area contributed by atoms with Crippen LogP contribution in [0, 0.1) is 17.8 Å². The van der Waals surface area contributed by atoms with E-state index in [9.17, 15) is 9.59 Å². The Hall–Kier alpha value is -1.10. The number of carbonyl (C=O) groups excluding carboxylic acids is 2. The lowest BCUT2D eigenvalue weighted by atomic mass is 10.0. The van der Waals surface area contributed by atoms with Crippen molar-refractivity contribution in [2.45, 2.75) is 260 Å². The fourth-order valence-electron chi connectivity index (χ4n) is 7.12. The molecule has 0 rings (SSSR count). The monoisotopic (exact) mass is 751 g/mol. The minimum atomic E-state index is -0.525. The van der Waals surface area contributed by atoms with Crippen LogP contribution >= 0.6 is 0 Å². The van der Waals surface area contributed by atoms with E-state index in [0.29, 0.717) is 26.1 Å². The first-order valence-electron chi connectivity index (χ1n) is 23.6. The Morgan fingerprint density at radius 2 is 0.660 bits per heavy atom. The number of hydrogen-bond donors (Lipinski definition) is 0. The number of carbonyl (C=O) groups is 2. The highest BCUT2D eigenvalue weighted by Crippen LogP contribution is 2.17. The Morgan fingerprint density at radius 1 is 0.358 bits per heavy atom. The summed E-state index contributed by atoms with van der Waals surface area (Å²) in [7, 11) is 0. The van der Waals surface area contributed by atoms with Gasteiger partial charge in [-0.1, -0.05) is 221 Å². The maximum Gasteiger partial charge on any atom is 0.306 e. The second kappa shape index (κ2) is 40.6. The molecule has 0 saturated carbocycles. The van der Waals surface area contributed by atoms with E-state index in [1.807, 2.05) is 0 Å². The average molecular weight is 751 g/mol. The summed E-state index contributed by atoms with van der Waals surface area (Å²) in [4.78, 5) is 25.2. The molecular formula is C48H94O5. The first-order valence-corrected chi connectivity index (χ1v) is 23.6. The van der Waals surface area contributed by atoms with Crippen molar-refractivity contribution < 1.29 is 23.8 Å². The zero-order chi connectivity index (χ0) is 39.0. The van der Waals surface area contributed by atoms with E-state index in [1.165, 1.54) is 167 Å². The Kier molecular flexibility index (Phi) is 39.7. The van der Waals surface area contributed by atoms with Crippen molar-refractivity contribution in [3.05, 3.63) is 0 Å². The van der Waals surface area contributed by atoms with Crippen LogP contribution in [0.1, 0.15) is 253 Å². The van der Waals surface area contributed by atoms with Crippen molar-refractivity contribution in [3.63, 3.8) is 0 Å². The van der Waals surface area contributed by atoms with Gasteiger partial charge in [0.2, 0.25) is 0 Å². The second-order valence-electron chi connectivity index (χ2n) is 17.8. The quantitative estimate of drug-likeness (QED) is 0.0459. The van der Waals surface area contributed by atoms with Gasteiger partial charge in [0, 0.05) is 19.4 Å². The molecule has 0 aliphatic carbocycles. The van der Waals surface area contributed by atoms with Crippen LogP contribution in [0.5, 0.6) is 0 Å². The van der Waals surface area contributed by atoms with Gasteiger partial charge < -0.3 is 14.2 Å². The molecule has 5 heteroatoms. The van der Waals surface area contributed by atoms with Crippen LogP contribution in [0.25, 0.3) is 0 Å². The predicted molar refractivity (Wildman–Crippen MR) is 229 cm³/mol. The van der Waals surface area contributed by atoms with E-state index in [1.54, 1.807) is 0 Å². The second-order valence-corrected chi connectivity index (χ2v) is 17.8. The Labute approximate surface area is 332 Å². The van der Waals surface area contributed by atoms with Crippen LogP contribution in [0.15, 0.2) is 0 Å². The molecule has 0 N–H and O–H groups in total. The lowest BCUT2D eigenvalue weighted by Crippen LogP contribution is -2.30. The van der Waals surface area contributed by atoms with Gasteiger partial charge in [0.1, 0.15) is 6.61 Å². The zero-order valence-corrected chi connectivity index (χ0v) is 36.8. The molecule has 5 nitrogen and oxygen atoms in total. The Balaban J connectivity index is 4.22. The van der Waals surface area contributed by atoms with Gasteiger partial charge in [-0.2, -0.15) is 0 Å². The molecule has 0 amide bonds. The summed E-state index contributed by atoms with van der Waals surface area (Å²) >= 11 is 0. The van der Waals surface area contributed by atoms with Gasteiger partial charge in [-0.05, 0) is 37.0 Å². The van der Waals surface area contributed by atoms with Crippen LogP contribution in [0.2, 0.25) is 0 Å². The van der Waals surface area contributed by atoms with Crippen molar-refractivity contribution in [1.29, 1.82) is 0 Å². The molecule has 0 fully saturated rings. The molecule has 0 bridgehead atoms. The molecule has 0 heterocycles. The number of unbranched alkanes of at least 4 members (excludes halogenated alkanes) is 25. The smallest absolute Gasteiger partial charge is 0.306 e. The minimum Gasteiger partial charge on any atom is -0.462 e. The molecule has 1 unspecified atom stereocenters. The first-order chi connectivity index (χ1) is 25.7. The maximum atomic E-state index is 12.7. The summed E-state index contributed by atoms with van der Waals surface area (Å²) in [5, 5.41) is 0. The molecular weight excluding hydrogens is 657 g/mol. The van der Waals surface area contributed by atoms with E-state index in [2.05, 4.69) is 41.5 Å². The van der Waals surface area contributed by atoms with Crippen molar-refractivity contribution in [1.82, 2.24) is 0 Å². The molecule has 0 aliphatic rings. The van der Waals surface area contributed by atoms with Crippen molar-refractivity contribution in [3.8, 4) is 0 Å². The third-order valence-corrected chi connectivity index (χ3v) is 10.7. The summed E-state index contributed by atoms with van der Waals surface area (Å²) < 4.78 is 17.3. The third-order valence-electron chi connectivity index (χ3n) is 10.7. The largest absolute Gasteiger partial charge is 0.462 e. The highest BCUT2D eigenvalue weighted by atomic mass is 16.6. The molecule has 316 valence electrons. The van der Waals surface area contributed by atoms with Gasteiger partial charge in [-0.3, -0.25) is 9.59 Å². The van der Waals surface area contributed by atoms with Crippen molar-refractivity contribution in [2.75, 3.05) is 19.8 Å². The van der Waals surface area contributed by atoms with Gasteiger partial charge in [-0.15, -0.1) is 0 Å². The first kappa shape index (κ1) is 51.9. The summed E-state index contributed by atoms with van der Waals surface area (Å²) in [6.07, 6.45) is 39.6. The minimum absolute atomic E-state index is 0.0933. The Bertz CT molecular complexity index is 763. The summed E-state index contributed by atoms with van der Waals surface area (Å²) in [6.45, 7) is 14.9. The van der Waals surface area contributed by atoms with Crippen LogP contribution in [0.3, 0.4) is 0 Å². The fourth-order valence-corrected chi connectivity index (χ4v) is 7.12. The molecule has 0 aromatic carbocycles. The number of esters is 2. The van der Waals surface area contributed by atoms with E-state index in [-0.39, 0.29) is 18.5 Å². The molecule has 0 aliphatic heterocycles. The number of hydrogen-bond acceptors (Lipinski definition) is 5. The van der Waals surface area contributed by atoms with Crippen LogP contribution in [0.4, 0.5) is 0 Å². The maximum absolute atomic E-state index is 12.7. The van der Waals surface area contributed by atoms with Crippen LogP contribution in [-0.4, -0.2) is 37.9 Å². The summed E-state index contributed by atoms with van der Waals surface area (Å²) in [5.41, 5.74) is 0. The summed E-state index contributed by atoms with van der Waals surface area (Å²) in [6, 6.07) is 0. The van der Waals surface area contributed by atoms with E-state index in [4.69, 9.17) is 14.2 Å². The third kappa shape index (κ3) is 43.5. The molecule has 0 radical (unpaired) electrons. The normalized spacial score (nSPS) is 12.3. The molecule has 0 aromatic heterocycles. The lowest BCUT2D eigenvalue weighted by molar-refractivity contribution is -0.163. The van der Waals surface area contributed by atoms with Crippen LogP contribution < -0.4 is 0 Å². The predicted octanol–water partition coefficient (Wildman–Crippen LogP) is 15.3. The van der Waals surface area contributed by atoms with Gasteiger partial charge in [0.05, 0.1) is 6.61 Å². The van der Waals surface area contributed by atoms with Gasteiger partial charge in [-0.25, -0.2) is 0 Å². The molecule has 53 heavy (non-hydrogen) atoms. The number of ether oxygens (including phenoxy) is 3. The summed E-state index contributed by atoms with van der Waals surface area (Å²) in [5.74, 6) is 2.10. The van der Waals surface area contributed by atoms with E-state index >= 15 is 0 Å². The van der Waals surface area contributed by atoms with Crippen molar-refractivity contribution >= 4 is 11.9 Å². The van der Waals surface area contributed by atoms with Gasteiger partial charge in [0.25, 0.3) is 0 Å². The SMILES string of the molecule is CC(C)CCCCCCCCCCCCOCC(COC(=O)CCCCCCCCCCCC(C)C)OC(=O)CCCCCCCCCCCC(C)C. The van der Waals surface area contributed by atoms with Crippen LogP contribution in [-0.2, 0) is 23.8 Å². The molecule has 0 aromatic rings. The highest BCUT2D eigenvalue weighted by molar-refractivity contribution is 5.70. The van der Waals surface area contributed by atoms with Crippen molar-refractivity contribution in [2.24, 2.45) is 17.8 Å². The topological polar surface area (TPSA) is 61.8 Å². The highest BCUT2D eigenvalue weighted by Gasteiger charge is 2.17. The van der Waals surface area contributed by atoms with Gasteiger partial charge in [0.15, 0.2) is 6.10 Å². The molecule has 1 atom stereocenters. The average Bonchev–Trinajstić information content (AvgIpc) is 3.11.